The molecule has 128 valence electrons. The first-order chi connectivity index (χ1) is 11.9. The SMILES string of the molecule is Cc1cc(Oc2ncnc(Nc3ccc(F)cc3F)c2N)ccc1Cl. The zero-order valence-electron chi connectivity index (χ0n) is 13.1. The number of rotatable bonds is 4. The van der Waals surface area contributed by atoms with Gasteiger partial charge in [0.15, 0.2) is 5.82 Å². The Morgan fingerprint density at radius 2 is 1.92 bits per heavy atom. The molecule has 25 heavy (non-hydrogen) atoms. The summed E-state index contributed by atoms with van der Waals surface area (Å²) in [5, 5.41) is 3.30. The molecule has 8 heteroatoms. The Balaban J connectivity index is 1.87. The van der Waals surface area contributed by atoms with Crippen LogP contribution in [0, 0.1) is 18.6 Å². The average Bonchev–Trinajstić information content (AvgIpc) is 2.57. The largest absolute Gasteiger partial charge is 0.437 e. The van der Waals surface area contributed by atoms with Gasteiger partial charge in [-0.15, -0.1) is 0 Å². The predicted octanol–water partition coefficient (Wildman–Crippen LogP) is 4.83. The molecule has 3 rings (SSSR count). The molecule has 0 aliphatic rings. The van der Waals surface area contributed by atoms with Crippen LogP contribution in [-0.4, -0.2) is 9.97 Å². The Labute approximate surface area is 147 Å². The number of ether oxygens (including phenoxy) is 1. The third-order valence-corrected chi connectivity index (χ3v) is 3.80. The van der Waals surface area contributed by atoms with Crippen molar-refractivity contribution in [1.82, 2.24) is 9.97 Å². The first-order valence-corrected chi connectivity index (χ1v) is 7.58. The van der Waals surface area contributed by atoms with Gasteiger partial charge in [-0.1, -0.05) is 11.6 Å². The van der Waals surface area contributed by atoms with Crippen LogP contribution >= 0.6 is 11.6 Å². The second-order valence-corrected chi connectivity index (χ2v) is 5.61. The number of anilines is 3. The third-order valence-electron chi connectivity index (χ3n) is 3.38. The van der Waals surface area contributed by atoms with E-state index >= 15 is 0 Å². The molecule has 0 unspecified atom stereocenters. The first kappa shape index (κ1) is 16.9. The summed E-state index contributed by atoms with van der Waals surface area (Å²) in [7, 11) is 0. The number of aromatic nitrogens is 2. The molecule has 1 heterocycles. The van der Waals surface area contributed by atoms with Gasteiger partial charge in [0.1, 0.15) is 29.4 Å². The summed E-state index contributed by atoms with van der Waals surface area (Å²) in [5.74, 6) is -0.719. The molecule has 0 spiro atoms. The van der Waals surface area contributed by atoms with E-state index in [4.69, 9.17) is 22.1 Å². The van der Waals surface area contributed by atoms with E-state index in [0.717, 1.165) is 17.7 Å². The average molecular weight is 363 g/mol. The number of nitrogens with zero attached hydrogens (tertiary/aromatic N) is 2. The number of benzene rings is 2. The monoisotopic (exact) mass is 362 g/mol. The quantitative estimate of drug-likeness (QED) is 0.695. The number of nitrogen functional groups attached to an aromatic ring is 1. The Bertz CT molecular complexity index is 937. The summed E-state index contributed by atoms with van der Waals surface area (Å²) in [4.78, 5) is 7.94. The molecule has 0 aliphatic heterocycles. The molecule has 0 radical (unpaired) electrons. The number of nitrogens with two attached hydrogens (primary N) is 1. The molecule has 0 amide bonds. The van der Waals surface area contributed by atoms with Gasteiger partial charge in [0.05, 0.1) is 5.69 Å². The van der Waals surface area contributed by atoms with Crippen LogP contribution in [0.25, 0.3) is 0 Å². The van der Waals surface area contributed by atoms with Crippen LogP contribution < -0.4 is 15.8 Å². The minimum atomic E-state index is -0.770. The lowest BCUT2D eigenvalue weighted by Crippen LogP contribution is -2.04. The van der Waals surface area contributed by atoms with E-state index < -0.39 is 11.6 Å². The van der Waals surface area contributed by atoms with Crippen LogP contribution in [0.4, 0.5) is 26.0 Å². The highest BCUT2D eigenvalue weighted by molar-refractivity contribution is 6.31. The first-order valence-electron chi connectivity index (χ1n) is 7.20. The lowest BCUT2D eigenvalue weighted by atomic mass is 10.2. The van der Waals surface area contributed by atoms with Crippen LogP contribution in [0.15, 0.2) is 42.7 Å². The molecule has 3 N–H and O–H groups in total. The second-order valence-electron chi connectivity index (χ2n) is 5.20. The van der Waals surface area contributed by atoms with Gasteiger partial charge in [-0.25, -0.2) is 13.8 Å². The molecule has 0 saturated heterocycles. The third kappa shape index (κ3) is 3.77. The number of nitrogens with one attached hydrogen (secondary N) is 1. The molecule has 2 aromatic carbocycles. The minimum Gasteiger partial charge on any atom is -0.437 e. The number of halogens is 3. The summed E-state index contributed by atoms with van der Waals surface area (Å²) >= 11 is 5.98. The fourth-order valence-electron chi connectivity index (χ4n) is 2.07. The van der Waals surface area contributed by atoms with Gasteiger partial charge in [0, 0.05) is 11.1 Å². The molecule has 0 bridgehead atoms. The van der Waals surface area contributed by atoms with Gasteiger partial charge in [0.25, 0.3) is 0 Å². The van der Waals surface area contributed by atoms with Crippen molar-refractivity contribution in [3.8, 4) is 11.6 Å². The van der Waals surface area contributed by atoms with Crippen LogP contribution in [-0.2, 0) is 0 Å². The predicted molar refractivity (Wildman–Crippen MR) is 92.3 cm³/mol. The van der Waals surface area contributed by atoms with Crippen LogP contribution in [0.1, 0.15) is 5.56 Å². The molecule has 0 saturated carbocycles. The van der Waals surface area contributed by atoms with E-state index in [1.54, 1.807) is 18.2 Å². The zero-order valence-corrected chi connectivity index (χ0v) is 13.8. The lowest BCUT2D eigenvalue weighted by molar-refractivity contribution is 0.464. The normalized spacial score (nSPS) is 10.6. The molecule has 1 aromatic heterocycles. The van der Waals surface area contributed by atoms with E-state index in [2.05, 4.69) is 15.3 Å². The molecular formula is C17H13ClF2N4O. The molecule has 0 aliphatic carbocycles. The van der Waals surface area contributed by atoms with Gasteiger partial charge < -0.3 is 15.8 Å². The molecular weight excluding hydrogens is 350 g/mol. The van der Waals surface area contributed by atoms with Crippen molar-refractivity contribution in [2.75, 3.05) is 11.1 Å². The fraction of sp³-hybridized carbons (Fsp3) is 0.0588. The maximum Gasteiger partial charge on any atom is 0.248 e. The maximum absolute atomic E-state index is 13.8. The van der Waals surface area contributed by atoms with Crippen molar-refractivity contribution >= 4 is 28.8 Å². The Morgan fingerprint density at radius 1 is 1.12 bits per heavy atom. The van der Waals surface area contributed by atoms with E-state index in [0.29, 0.717) is 10.8 Å². The smallest absolute Gasteiger partial charge is 0.248 e. The van der Waals surface area contributed by atoms with E-state index in [9.17, 15) is 8.78 Å². The van der Waals surface area contributed by atoms with Gasteiger partial charge in [-0.05, 0) is 42.8 Å². The topological polar surface area (TPSA) is 73.1 Å². The summed E-state index contributed by atoms with van der Waals surface area (Å²) in [5.41, 5.74) is 6.93. The minimum absolute atomic E-state index is 0.0279. The van der Waals surface area contributed by atoms with Crippen LogP contribution in [0.2, 0.25) is 5.02 Å². The highest BCUT2D eigenvalue weighted by Gasteiger charge is 2.13. The Morgan fingerprint density at radius 3 is 2.64 bits per heavy atom. The molecule has 0 fully saturated rings. The summed E-state index contributed by atoms with van der Waals surface area (Å²) in [6.07, 6.45) is 1.22. The van der Waals surface area contributed by atoms with Crippen LogP contribution in [0.3, 0.4) is 0 Å². The number of hydrogen-bond donors (Lipinski definition) is 2. The van der Waals surface area contributed by atoms with Crippen molar-refractivity contribution in [3.63, 3.8) is 0 Å². The molecule has 0 atom stereocenters. The van der Waals surface area contributed by atoms with Gasteiger partial charge in [-0.2, -0.15) is 4.98 Å². The van der Waals surface area contributed by atoms with E-state index in [1.807, 2.05) is 6.92 Å². The van der Waals surface area contributed by atoms with Crippen molar-refractivity contribution in [2.24, 2.45) is 0 Å². The molecule has 5 nitrogen and oxygen atoms in total. The van der Waals surface area contributed by atoms with Gasteiger partial charge >= 0.3 is 0 Å². The van der Waals surface area contributed by atoms with E-state index in [1.165, 1.54) is 12.4 Å². The zero-order chi connectivity index (χ0) is 18.0. The number of aryl methyl sites for hydroxylation is 1. The van der Waals surface area contributed by atoms with Crippen molar-refractivity contribution < 1.29 is 13.5 Å². The van der Waals surface area contributed by atoms with Crippen molar-refractivity contribution in [3.05, 3.63) is 64.9 Å². The highest BCUT2D eigenvalue weighted by atomic mass is 35.5. The van der Waals surface area contributed by atoms with Crippen molar-refractivity contribution in [1.29, 1.82) is 0 Å². The Hall–Kier alpha value is -2.93. The van der Waals surface area contributed by atoms with Gasteiger partial charge in [-0.3, -0.25) is 0 Å². The summed E-state index contributed by atoms with van der Waals surface area (Å²) in [6.45, 7) is 1.84. The lowest BCUT2D eigenvalue weighted by Gasteiger charge is -2.12. The summed E-state index contributed by atoms with van der Waals surface area (Å²) in [6, 6.07) is 8.22. The second kappa shape index (κ2) is 6.90. The van der Waals surface area contributed by atoms with Crippen molar-refractivity contribution in [2.45, 2.75) is 6.92 Å². The van der Waals surface area contributed by atoms with Crippen LogP contribution in [0.5, 0.6) is 11.6 Å². The standard InChI is InChI=1S/C17H13ClF2N4O/c1-9-6-11(3-4-12(9)18)25-17-15(21)16(22-8-23-17)24-14-5-2-10(19)7-13(14)20/h2-8H,21H2,1H3,(H,22,23,24). The number of hydrogen-bond acceptors (Lipinski definition) is 5. The molecule has 3 aromatic rings. The van der Waals surface area contributed by atoms with E-state index in [-0.39, 0.29) is 23.1 Å². The van der Waals surface area contributed by atoms with Gasteiger partial charge in [0.2, 0.25) is 5.88 Å². The summed E-state index contributed by atoms with van der Waals surface area (Å²) < 4.78 is 32.4. The Kier molecular flexibility index (Phi) is 4.67. The fourth-order valence-corrected chi connectivity index (χ4v) is 2.19. The highest BCUT2D eigenvalue weighted by Crippen LogP contribution is 2.32. The maximum atomic E-state index is 13.8.